The molecule has 0 bridgehead atoms. The van der Waals surface area contributed by atoms with E-state index in [-0.39, 0.29) is 23.5 Å². The van der Waals surface area contributed by atoms with Crippen molar-refractivity contribution in [2.45, 2.75) is 33.1 Å². The van der Waals surface area contributed by atoms with Crippen LogP contribution in [0.2, 0.25) is 0 Å². The summed E-state index contributed by atoms with van der Waals surface area (Å²) in [5.41, 5.74) is -0.266. The van der Waals surface area contributed by atoms with Gasteiger partial charge in [0, 0.05) is 5.92 Å². The van der Waals surface area contributed by atoms with Gasteiger partial charge in [0.1, 0.15) is 5.78 Å². The lowest BCUT2D eigenvalue weighted by atomic mass is 9.58. The van der Waals surface area contributed by atoms with Crippen LogP contribution in [-0.4, -0.2) is 16.9 Å². The number of carbonyl (C=O) groups excluding carboxylic acids is 1. The second-order valence-electron chi connectivity index (χ2n) is 3.93. The fourth-order valence-electron chi connectivity index (χ4n) is 2.03. The van der Waals surface area contributed by atoms with Crippen molar-refractivity contribution in [2.24, 2.45) is 11.3 Å². The predicted molar refractivity (Wildman–Crippen MR) is 43.8 cm³/mol. The van der Waals surface area contributed by atoms with E-state index in [1.54, 1.807) is 6.92 Å². The molecule has 0 aromatic rings. The van der Waals surface area contributed by atoms with Gasteiger partial charge >= 0.3 is 5.97 Å². The van der Waals surface area contributed by atoms with E-state index in [0.717, 1.165) is 12.8 Å². The molecule has 1 saturated carbocycles. The zero-order valence-electron chi connectivity index (χ0n) is 7.46. The van der Waals surface area contributed by atoms with E-state index in [0.29, 0.717) is 0 Å². The number of hydrogen-bond donors (Lipinski definition) is 1. The Labute approximate surface area is 71.8 Å². The van der Waals surface area contributed by atoms with Gasteiger partial charge < -0.3 is 5.11 Å². The van der Waals surface area contributed by atoms with Crippen molar-refractivity contribution in [1.82, 2.24) is 0 Å². The molecule has 0 aromatic heterocycles. The zero-order valence-corrected chi connectivity index (χ0v) is 7.46. The van der Waals surface area contributed by atoms with E-state index < -0.39 is 5.97 Å². The lowest BCUT2D eigenvalue weighted by Gasteiger charge is -2.44. The fourth-order valence-corrected chi connectivity index (χ4v) is 2.03. The van der Waals surface area contributed by atoms with Crippen LogP contribution in [0.25, 0.3) is 0 Å². The molecule has 0 saturated heterocycles. The van der Waals surface area contributed by atoms with Crippen LogP contribution in [0.4, 0.5) is 0 Å². The molecule has 1 aliphatic carbocycles. The van der Waals surface area contributed by atoms with Crippen LogP contribution in [0.15, 0.2) is 0 Å². The third kappa shape index (κ3) is 1.49. The number of carboxylic acid groups (broad SMARTS) is 1. The van der Waals surface area contributed by atoms with Gasteiger partial charge in [-0.25, -0.2) is 0 Å². The van der Waals surface area contributed by atoms with Crippen LogP contribution < -0.4 is 0 Å². The van der Waals surface area contributed by atoms with Crippen molar-refractivity contribution in [1.29, 1.82) is 0 Å². The number of rotatable bonds is 3. The zero-order chi connectivity index (χ0) is 9.35. The van der Waals surface area contributed by atoms with Crippen molar-refractivity contribution in [3.8, 4) is 0 Å². The monoisotopic (exact) mass is 170 g/mol. The van der Waals surface area contributed by atoms with E-state index >= 15 is 0 Å². The minimum atomic E-state index is -0.802. The average Bonchev–Trinajstić information content (AvgIpc) is 1.82. The molecule has 12 heavy (non-hydrogen) atoms. The summed E-state index contributed by atoms with van der Waals surface area (Å²) in [4.78, 5) is 21.5. The summed E-state index contributed by atoms with van der Waals surface area (Å²) in [7, 11) is 0. The van der Waals surface area contributed by atoms with Crippen molar-refractivity contribution in [2.75, 3.05) is 0 Å². The Bertz CT molecular complexity index is 222. The Morgan fingerprint density at radius 3 is 2.42 bits per heavy atom. The van der Waals surface area contributed by atoms with Gasteiger partial charge in [0.15, 0.2) is 0 Å². The maximum atomic E-state index is 11.0. The van der Waals surface area contributed by atoms with Gasteiger partial charge in [-0.2, -0.15) is 0 Å². The van der Waals surface area contributed by atoms with Gasteiger partial charge in [-0.3, -0.25) is 9.59 Å². The topological polar surface area (TPSA) is 54.4 Å². The van der Waals surface area contributed by atoms with Gasteiger partial charge in [-0.15, -0.1) is 0 Å². The highest BCUT2D eigenvalue weighted by molar-refractivity contribution is 5.81. The maximum absolute atomic E-state index is 11.0. The van der Waals surface area contributed by atoms with E-state index in [2.05, 4.69) is 0 Å². The summed E-state index contributed by atoms with van der Waals surface area (Å²) in [6.45, 7) is 3.43. The van der Waals surface area contributed by atoms with Crippen LogP contribution in [0.3, 0.4) is 0 Å². The van der Waals surface area contributed by atoms with E-state index in [9.17, 15) is 9.59 Å². The number of ketones is 1. The highest BCUT2D eigenvalue weighted by atomic mass is 16.4. The average molecular weight is 170 g/mol. The summed E-state index contributed by atoms with van der Waals surface area (Å²) < 4.78 is 0. The van der Waals surface area contributed by atoms with Gasteiger partial charge in [0.05, 0.1) is 6.42 Å². The molecule has 0 unspecified atom stereocenters. The van der Waals surface area contributed by atoms with Crippen LogP contribution in [0, 0.1) is 11.3 Å². The molecule has 3 nitrogen and oxygen atoms in total. The lowest BCUT2D eigenvalue weighted by molar-refractivity contribution is -0.145. The second kappa shape index (κ2) is 2.88. The first-order valence-electron chi connectivity index (χ1n) is 4.18. The van der Waals surface area contributed by atoms with Gasteiger partial charge in [0.25, 0.3) is 0 Å². The summed E-state index contributed by atoms with van der Waals surface area (Å²) in [5.74, 6) is -0.693. The van der Waals surface area contributed by atoms with Crippen LogP contribution in [0.5, 0.6) is 0 Å². The molecule has 1 N–H and O–H groups in total. The number of carboxylic acids is 1. The molecule has 0 spiro atoms. The van der Waals surface area contributed by atoms with E-state index in [1.807, 2.05) is 6.92 Å². The number of hydrogen-bond acceptors (Lipinski definition) is 2. The molecule has 0 amide bonds. The molecule has 0 aliphatic heterocycles. The Kier molecular flexibility index (Phi) is 2.22. The van der Waals surface area contributed by atoms with Crippen molar-refractivity contribution < 1.29 is 14.7 Å². The molecular formula is C9H14O3. The SMILES string of the molecule is CC(=O)[C@H]1CC[C@]1(C)CC(=O)O. The Balaban J connectivity index is 2.60. The predicted octanol–water partition coefficient (Wildman–Crippen LogP) is 1.47. The number of carbonyl (C=O) groups is 2. The van der Waals surface area contributed by atoms with Gasteiger partial charge in [-0.1, -0.05) is 6.92 Å². The van der Waals surface area contributed by atoms with Gasteiger partial charge in [0.2, 0.25) is 0 Å². The first-order valence-corrected chi connectivity index (χ1v) is 4.18. The first-order chi connectivity index (χ1) is 5.46. The summed E-state index contributed by atoms with van der Waals surface area (Å²) in [6, 6.07) is 0. The third-order valence-electron chi connectivity index (χ3n) is 2.89. The normalized spacial score (nSPS) is 34.0. The fraction of sp³-hybridized carbons (Fsp3) is 0.778. The maximum Gasteiger partial charge on any atom is 0.303 e. The standard InChI is InChI=1S/C9H14O3/c1-6(10)7-3-4-9(7,2)5-8(11)12/h7H,3-5H2,1-2H3,(H,11,12)/t7-,9-/m1/s1. The molecule has 68 valence electrons. The summed E-state index contributed by atoms with van der Waals surface area (Å²) >= 11 is 0. The summed E-state index contributed by atoms with van der Waals surface area (Å²) in [6.07, 6.45) is 1.85. The Morgan fingerprint density at radius 2 is 2.17 bits per heavy atom. The summed E-state index contributed by atoms with van der Waals surface area (Å²) in [5, 5.41) is 8.60. The molecule has 0 aromatic carbocycles. The number of Topliss-reactive ketones (excluding diaryl/α,β-unsaturated/α-hetero) is 1. The molecule has 2 atom stereocenters. The molecule has 1 aliphatic rings. The highest BCUT2D eigenvalue weighted by Crippen LogP contribution is 2.49. The van der Waals surface area contributed by atoms with Gasteiger partial charge in [-0.05, 0) is 25.2 Å². The minimum absolute atomic E-state index is 0.0198. The van der Waals surface area contributed by atoms with E-state index in [1.165, 1.54) is 0 Å². The molecule has 0 radical (unpaired) electrons. The molecule has 3 heteroatoms. The minimum Gasteiger partial charge on any atom is -0.481 e. The van der Waals surface area contributed by atoms with Crippen LogP contribution >= 0.6 is 0 Å². The third-order valence-corrected chi connectivity index (χ3v) is 2.89. The highest BCUT2D eigenvalue weighted by Gasteiger charge is 2.46. The van der Waals surface area contributed by atoms with Crippen LogP contribution in [-0.2, 0) is 9.59 Å². The number of aliphatic carboxylic acids is 1. The van der Waals surface area contributed by atoms with E-state index in [4.69, 9.17) is 5.11 Å². The quantitative estimate of drug-likeness (QED) is 0.697. The largest absolute Gasteiger partial charge is 0.481 e. The van der Waals surface area contributed by atoms with Crippen molar-refractivity contribution in [3.63, 3.8) is 0 Å². The van der Waals surface area contributed by atoms with Crippen molar-refractivity contribution in [3.05, 3.63) is 0 Å². The molecule has 0 heterocycles. The van der Waals surface area contributed by atoms with Crippen molar-refractivity contribution >= 4 is 11.8 Å². The lowest BCUT2D eigenvalue weighted by Crippen LogP contribution is -2.43. The Hall–Kier alpha value is -0.860. The molecular weight excluding hydrogens is 156 g/mol. The second-order valence-corrected chi connectivity index (χ2v) is 3.93. The smallest absolute Gasteiger partial charge is 0.303 e. The molecule has 1 fully saturated rings. The molecule has 1 rings (SSSR count). The first kappa shape index (κ1) is 9.23. The Morgan fingerprint density at radius 1 is 1.58 bits per heavy atom. The van der Waals surface area contributed by atoms with Crippen LogP contribution in [0.1, 0.15) is 33.1 Å².